The molecule has 21 heavy (non-hydrogen) atoms. The number of nitrogens with one attached hydrogen (secondary N) is 1. The van der Waals surface area contributed by atoms with E-state index in [0.29, 0.717) is 10.0 Å². The Kier molecular flexibility index (Phi) is 4.19. The number of rotatable bonds is 3. The summed E-state index contributed by atoms with van der Waals surface area (Å²) in [5.74, 6) is -0.137. The summed E-state index contributed by atoms with van der Waals surface area (Å²) in [4.78, 5) is 17.2. The number of thiazole rings is 1. The van der Waals surface area contributed by atoms with E-state index in [0.717, 1.165) is 15.7 Å². The van der Waals surface area contributed by atoms with Crippen LogP contribution in [0.2, 0.25) is 0 Å². The van der Waals surface area contributed by atoms with Crippen molar-refractivity contribution in [3.63, 3.8) is 0 Å². The highest BCUT2D eigenvalue weighted by atomic mass is 79.9. The molecule has 3 aromatic rings. The third-order valence-electron chi connectivity index (χ3n) is 2.90. The number of thiophene rings is 1. The third kappa shape index (κ3) is 3.23. The van der Waals surface area contributed by atoms with E-state index in [1.807, 2.05) is 29.0 Å². The average Bonchev–Trinajstić information content (AvgIpc) is 3.09. The van der Waals surface area contributed by atoms with Crippen molar-refractivity contribution in [1.82, 2.24) is 4.98 Å². The van der Waals surface area contributed by atoms with Crippen LogP contribution in [0.25, 0.3) is 11.3 Å². The Hall–Kier alpha value is -1.50. The molecule has 3 rings (SSSR count). The predicted molar refractivity (Wildman–Crippen MR) is 92.3 cm³/mol. The molecular weight excluding hydrogens is 368 g/mol. The van der Waals surface area contributed by atoms with Gasteiger partial charge in [-0.1, -0.05) is 29.8 Å². The van der Waals surface area contributed by atoms with Crippen molar-refractivity contribution in [1.29, 1.82) is 0 Å². The fraction of sp³-hybridized carbons (Fsp3) is 0.0667. The maximum atomic E-state index is 12.1. The summed E-state index contributed by atoms with van der Waals surface area (Å²) in [5.41, 5.74) is 3.14. The lowest BCUT2D eigenvalue weighted by molar-refractivity contribution is 0.103. The van der Waals surface area contributed by atoms with Crippen LogP contribution in [0.3, 0.4) is 0 Å². The standard InChI is InChI=1S/C15H11BrN2OS2/c1-9-2-4-10(5-3-9)12-8-21-15(17-12)18-14(19)13-11(16)6-7-20-13/h2-8H,1H3,(H,17,18,19). The van der Waals surface area contributed by atoms with Crippen LogP contribution in [0.4, 0.5) is 5.13 Å². The van der Waals surface area contributed by atoms with Crippen LogP contribution in [0.5, 0.6) is 0 Å². The van der Waals surface area contributed by atoms with Gasteiger partial charge in [-0.15, -0.1) is 22.7 Å². The molecule has 0 bridgehead atoms. The number of amides is 1. The van der Waals surface area contributed by atoms with Crippen LogP contribution in [-0.2, 0) is 0 Å². The molecule has 2 heterocycles. The number of aromatic nitrogens is 1. The first kappa shape index (κ1) is 14.4. The minimum Gasteiger partial charge on any atom is -0.297 e. The van der Waals surface area contributed by atoms with E-state index in [4.69, 9.17) is 0 Å². The summed E-state index contributed by atoms with van der Waals surface area (Å²) in [7, 11) is 0. The maximum absolute atomic E-state index is 12.1. The van der Waals surface area contributed by atoms with Gasteiger partial charge in [-0.05, 0) is 34.3 Å². The number of carbonyl (C=O) groups excluding carboxylic acids is 1. The number of carbonyl (C=O) groups is 1. The SMILES string of the molecule is Cc1ccc(-c2csc(NC(=O)c3sccc3Br)n2)cc1. The summed E-state index contributed by atoms with van der Waals surface area (Å²) >= 11 is 6.19. The molecule has 0 unspecified atom stereocenters. The highest BCUT2D eigenvalue weighted by Crippen LogP contribution is 2.27. The molecule has 0 aliphatic heterocycles. The van der Waals surface area contributed by atoms with Gasteiger partial charge in [0.05, 0.1) is 5.69 Å². The van der Waals surface area contributed by atoms with Gasteiger partial charge >= 0.3 is 0 Å². The fourth-order valence-corrected chi connectivity index (χ4v) is 3.96. The Balaban J connectivity index is 1.78. The van der Waals surface area contributed by atoms with Crippen molar-refractivity contribution >= 4 is 49.6 Å². The second-order valence-corrected chi connectivity index (χ2v) is 7.08. The molecule has 1 N–H and O–H groups in total. The molecule has 0 aliphatic carbocycles. The second-order valence-electron chi connectivity index (χ2n) is 4.46. The van der Waals surface area contributed by atoms with Crippen molar-refractivity contribution < 1.29 is 4.79 Å². The van der Waals surface area contributed by atoms with Gasteiger partial charge < -0.3 is 0 Å². The van der Waals surface area contributed by atoms with Crippen LogP contribution < -0.4 is 5.32 Å². The highest BCUT2D eigenvalue weighted by Gasteiger charge is 2.13. The number of halogens is 1. The maximum Gasteiger partial charge on any atom is 0.268 e. The van der Waals surface area contributed by atoms with E-state index >= 15 is 0 Å². The van der Waals surface area contributed by atoms with Gasteiger partial charge in [0.2, 0.25) is 0 Å². The zero-order valence-corrected chi connectivity index (χ0v) is 14.3. The number of hydrogen-bond acceptors (Lipinski definition) is 4. The lowest BCUT2D eigenvalue weighted by atomic mass is 10.1. The summed E-state index contributed by atoms with van der Waals surface area (Å²) in [6.45, 7) is 2.05. The van der Waals surface area contributed by atoms with Crippen molar-refractivity contribution in [3.05, 3.63) is 56.0 Å². The van der Waals surface area contributed by atoms with E-state index in [9.17, 15) is 4.79 Å². The smallest absolute Gasteiger partial charge is 0.268 e. The van der Waals surface area contributed by atoms with Gasteiger partial charge in [-0.3, -0.25) is 10.1 Å². The molecule has 0 aliphatic rings. The van der Waals surface area contributed by atoms with Crippen molar-refractivity contribution in [2.75, 3.05) is 5.32 Å². The molecule has 1 aromatic carbocycles. The molecular formula is C15H11BrN2OS2. The van der Waals surface area contributed by atoms with E-state index in [1.54, 1.807) is 0 Å². The van der Waals surface area contributed by atoms with E-state index in [1.165, 1.54) is 28.2 Å². The molecule has 0 saturated heterocycles. The zero-order valence-electron chi connectivity index (χ0n) is 11.1. The number of aryl methyl sites for hydroxylation is 1. The van der Waals surface area contributed by atoms with Gasteiger partial charge in [0.15, 0.2) is 5.13 Å². The largest absolute Gasteiger partial charge is 0.297 e. The fourth-order valence-electron chi connectivity index (χ4n) is 1.80. The monoisotopic (exact) mass is 378 g/mol. The average molecular weight is 379 g/mol. The van der Waals surface area contributed by atoms with Gasteiger partial charge in [0.25, 0.3) is 5.91 Å². The summed E-state index contributed by atoms with van der Waals surface area (Å²) < 4.78 is 0.806. The molecule has 0 atom stereocenters. The Labute approximate surface area is 138 Å². The molecule has 106 valence electrons. The predicted octanol–water partition coefficient (Wildman–Crippen LogP) is 5.19. The van der Waals surface area contributed by atoms with Crippen molar-refractivity contribution in [2.24, 2.45) is 0 Å². The molecule has 0 radical (unpaired) electrons. The zero-order chi connectivity index (χ0) is 14.8. The summed E-state index contributed by atoms with van der Waals surface area (Å²) in [5, 5.41) is 7.26. The Morgan fingerprint density at radius 1 is 1.19 bits per heavy atom. The first-order chi connectivity index (χ1) is 10.1. The lowest BCUT2D eigenvalue weighted by Crippen LogP contribution is -2.10. The highest BCUT2D eigenvalue weighted by molar-refractivity contribution is 9.10. The van der Waals surface area contributed by atoms with Gasteiger partial charge in [0.1, 0.15) is 4.88 Å². The van der Waals surface area contributed by atoms with Gasteiger partial charge in [-0.25, -0.2) is 4.98 Å². The number of anilines is 1. The van der Waals surface area contributed by atoms with Crippen molar-refractivity contribution in [3.8, 4) is 11.3 Å². The van der Waals surface area contributed by atoms with E-state index < -0.39 is 0 Å². The number of nitrogens with zero attached hydrogens (tertiary/aromatic N) is 1. The lowest BCUT2D eigenvalue weighted by Gasteiger charge is -2.00. The Morgan fingerprint density at radius 3 is 2.62 bits per heavy atom. The molecule has 0 spiro atoms. The summed E-state index contributed by atoms with van der Waals surface area (Å²) in [6.07, 6.45) is 0. The molecule has 0 saturated carbocycles. The van der Waals surface area contributed by atoms with Gasteiger partial charge in [0, 0.05) is 15.4 Å². The topological polar surface area (TPSA) is 42.0 Å². The van der Waals surface area contributed by atoms with E-state index in [2.05, 4.69) is 45.3 Å². The Morgan fingerprint density at radius 2 is 1.95 bits per heavy atom. The summed E-state index contributed by atoms with van der Waals surface area (Å²) in [6, 6.07) is 10.0. The van der Waals surface area contributed by atoms with E-state index in [-0.39, 0.29) is 5.91 Å². The van der Waals surface area contributed by atoms with Crippen LogP contribution in [0, 0.1) is 6.92 Å². The van der Waals surface area contributed by atoms with Gasteiger partial charge in [-0.2, -0.15) is 0 Å². The van der Waals surface area contributed by atoms with Crippen LogP contribution in [0.1, 0.15) is 15.2 Å². The normalized spacial score (nSPS) is 10.6. The van der Waals surface area contributed by atoms with Crippen LogP contribution >= 0.6 is 38.6 Å². The number of benzene rings is 1. The number of hydrogen-bond donors (Lipinski definition) is 1. The van der Waals surface area contributed by atoms with Crippen LogP contribution in [-0.4, -0.2) is 10.9 Å². The third-order valence-corrected chi connectivity index (χ3v) is 5.49. The van der Waals surface area contributed by atoms with Crippen molar-refractivity contribution in [2.45, 2.75) is 6.92 Å². The second kappa shape index (κ2) is 6.09. The molecule has 1 amide bonds. The quantitative estimate of drug-likeness (QED) is 0.680. The first-order valence-electron chi connectivity index (χ1n) is 6.20. The minimum atomic E-state index is -0.137. The Bertz CT molecular complexity index is 777. The molecule has 2 aromatic heterocycles. The minimum absolute atomic E-state index is 0.137. The molecule has 0 fully saturated rings. The molecule has 3 nitrogen and oxygen atoms in total. The molecule has 6 heteroatoms. The van der Waals surface area contributed by atoms with Crippen LogP contribution in [0.15, 0.2) is 45.6 Å². The first-order valence-corrected chi connectivity index (χ1v) is 8.75.